The van der Waals surface area contributed by atoms with E-state index in [1.54, 1.807) is 0 Å². The van der Waals surface area contributed by atoms with Crippen molar-refractivity contribution in [3.05, 3.63) is 35.1 Å². The maximum Gasteiger partial charge on any atom is 0.416 e. The smallest absolute Gasteiger partial charge is 0.379 e. The fourth-order valence-electron chi connectivity index (χ4n) is 5.31. The second-order valence-electron chi connectivity index (χ2n) is 9.96. The SMILES string of the molecule is O=C(CN1CCC(N2CCOCC2)CC1)N1CCC(CNC(=P)c2cc(F)cc(C(F)(F)F)c2)CC1. The van der Waals surface area contributed by atoms with Crippen molar-refractivity contribution in [1.82, 2.24) is 20.0 Å². The first kappa shape index (κ1) is 27.5. The van der Waals surface area contributed by atoms with Gasteiger partial charge < -0.3 is 9.64 Å². The van der Waals surface area contributed by atoms with E-state index in [-0.39, 0.29) is 17.4 Å². The quantitative estimate of drug-likeness (QED) is 0.434. The zero-order valence-corrected chi connectivity index (χ0v) is 21.5. The number of benzene rings is 1. The monoisotopic (exact) mass is 530 g/mol. The third-order valence-electron chi connectivity index (χ3n) is 7.53. The third kappa shape index (κ3) is 7.48. The summed E-state index contributed by atoms with van der Waals surface area (Å²) >= 11 is 0. The summed E-state index contributed by atoms with van der Waals surface area (Å²) < 4.78 is 58.1. The van der Waals surface area contributed by atoms with E-state index in [4.69, 9.17) is 4.74 Å². The van der Waals surface area contributed by atoms with Crippen LogP contribution in [0.3, 0.4) is 0 Å². The Morgan fingerprint density at radius 2 is 1.67 bits per heavy atom. The highest BCUT2D eigenvalue weighted by Crippen LogP contribution is 2.30. The molecule has 4 rings (SSSR count). The van der Waals surface area contributed by atoms with Gasteiger partial charge in [0.05, 0.1) is 25.3 Å². The molecule has 1 N–H and O–H groups in total. The molecule has 0 saturated carbocycles. The lowest BCUT2D eigenvalue weighted by atomic mass is 9.96. The predicted molar refractivity (Wildman–Crippen MR) is 133 cm³/mol. The maximum atomic E-state index is 13.7. The van der Waals surface area contributed by atoms with Gasteiger partial charge >= 0.3 is 6.18 Å². The van der Waals surface area contributed by atoms with Crippen molar-refractivity contribution >= 4 is 20.2 Å². The van der Waals surface area contributed by atoms with Crippen LogP contribution in [-0.4, -0.2) is 97.6 Å². The number of morpholine rings is 1. The van der Waals surface area contributed by atoms with Crippen molar-refractivity contribution in [2.24, 2.45) is 5.92 Å². The van der Waals surface area contributed by atoms with Gasteiger partial charge in [0, 0.05) is 57.3 Å². The fraction of sp³-hybridized carbons (Fsp3) is 0.680. The average Bonchev–Trinajstić information content (AvgIpc) is 2.87. The molecule has 1 amide bonds. The Morgan fingerprint density at radius 3 is 2.31 bits per heavy atom. The van der Waals surface area contributed by atoms with Gasteiger partial charge in [0.15, 0.2) is 0 Å². The van der Waals surface area contributed by atoms with Gasteiger partial charge in [-0.2, -0.15) is 13.2 Å². The molecular formula is C25H35F4N4O2P. The van der Waals surface area contributed by atoms with Crippen molar-refractivity contribution in [2.75, 3.05) is 65.6 Å². The number of piperidine rings is 2. The molecule has 36 heavy (non-hydrogen) atoms. The van der Waals surface area contributed by atoms with Gasteiger partial charge in [-0.3, -0.25) is 19.9 Å². The van der Waals surface area contributed by atoms with Gasteiger partial charge in [0.25, 0.3) is 0 Å². The van der Waals surface area contributed by atoms with Crippen LogP contribution in [0.2, 0.25) is 0 Å². The molecule has 6 nitrogen and oxygen atoms in total. The highest BCUT2D eigenvalue weighted by molar-refractivity contribution is 7.21. The molecule has 3 fully saturated rings. The van der Waals surface area contributed by atoms with Crippen LogP contribution in [0.15, 0.2) is 18.2 Å². The highest BCUT2D eigenvalue weighted by Gasteiger charge is 2.32. The average molecular weight is 531 g/mol. The molecule has 1 aromatic rings. The van der Waals surface area contributed by atoms with E-state index in [0.29, 0.717) is 43.7 Å². The molecule has 0 atom stereocenters. The van der Waals surface area contributed by atoms with E-state index >= 15 is 0 Å². The summed E-state index contributed by atoms with van der Waals surface area (Å²) in [5.41, 5.74) is -0.588. The van der Waals surface area contributed by atoms with Crippen molar-refractivity contribution in [3.63, 3.8) is 0 Å². The number of rotatable bonds is 7. The number of nitrogens with one attached hydrogen (secondary N) is 1. The minimum absolute atomic E-state index is 0.115. The number of likely N-dealkylation sites (tertiary alicyclic amines) is 2. The Hall–Kier alpha value is -1.58. The molecule has 200 valence electrons. The normalized spacial score (nSPS) is 21.6. The Balaban J connectivity index is 1.16. The lowest BCUT2D eigenvalue weighted by Crippen LogP contribution is -2.51. The van der Waals surface area contributed by atoms with Gasteiger partial charge in [-0.15, -0.1) is 8.86 Å². The second kappa shape index (κ2) is 12.3. The van der Waals surface area contributed by atoms with E-state index < -0.39 is 17.6 Å². The predicted octanol–water partition coefficient (Wildman–Crippen LogP) is 3.09. The molecule has 0 spiro atoms. The summed E-state index contributed by atoms with van der Waals surface area (Å²) in [4.78, 5) is 19.5. The van der Waals surface area contributed by atoms with E-state index in [9.17, 15) is 22.4 Å². The van der Waals surface area contributed by atoms with Crippen molar-refractivity contribution in [1.29, 1.82) is 0 Å². The van der Waals surface area contributed by atoms with Crippen LogP contribution < -0.4 is 5.32 Å². The molecule has 0 aromatic heterocycles. The zero-order chi connectivity index (χ0) is 25.7. The summed E-state index contributed by atoms with van der Waals surface area (Å²) in [5, 5.41) is 3.09. The number of hydrogen-bond acceptors (Lipinski definition) is 4. The minimum Gasteiger partial charge on any atom is -0.379 e. The van der Waals surface area contributed by atoms with E-state index in [2.05, 4.69) is 24.0 Å². The number of alkyl halides is 3. The molecule has 3 aliphatic rings. The van der Waals surface area contributed by atoms with Crippen LogP contribution in [0.5, 0.6) is 0 Å². The Morgan fingerprint density at radius 1 is 1.00 bits per heavy atom. The largest absolute Gasteiger partial charge is 0.416 e. The van der Waals surface area contributed by atoms with Gasteiger partial charge in [-0.1, -0.05) is 0 Å². The molecule has 0 radical (unpaired) electrons. The number of nitrogens with zero attached hydrogens (tertiary/aromatic N) is 3. The summed E-state index contributed by atoms with van der Waals surface area (Å²) in [5.74, 6) is -0.493. The second-order valence-corrected chi connectivity index (χ2v) is 10.5. The molecule has 3 heterocycles. The Kier molecular flexibility index (Phi) is 9.39. The first-order valence-electron chi connectivity index (χ1n) is 12.7. The number of hydrogen-bond donors (Lipinski definition) is 1. The topological polar surface area (TPSA) is 48.1 Å². The lowest BCUT2D eigenvalue weighted by molar-refractivity contribution is -0.138. The van der Waals surface area contributed by atoms with E-state index in [1.807, 2.05) is 4.90 Å². The number of amides is 1. The fourth-order valence-corrected chi connectivity index (χ4v) is 5.56. The zero-order valence-electron chi connectivity index (χ0n) is 20.5. The summed E-state index contributed by atoms with van der Waals surface area (Å²) in [7, 11) is 3.32. The standard InChI is InChI=1S/C25H35F4N4O2P/c26-21-14-19(13-20(15-21)25(27,28)29)24(36)30-16-18-1-7-33(8-2-18)23(34)17-31-5-3-22(4-6-31)32-9-11-35-12-10-32/h13-15,18,22,30,36H,1-12,16-17H2. The van der Waals surface area contributed by atoms with Gasteiger partial charge in [-0.25, -0.2) is 4.39 Å². The molecule has 11 heteroatoms. The molecule has 1 aromatic carbocycles. The Bertz CT molecular complexity index is 910. The number of carbonyl (C=O) groups is 1. The molecule has 3 saturated heterocycles. The molecule has 0 unspecified atom stereocenters. The van der Waals surface area contributed by atoms with Crippen molar-refractivity contribution < 1.29 is 27.1 Å². The summed E-state index contributed by atoms with van der Waals surface area (Å²) in [6.45, 7) is 7.83. The van der Waals surface area contributed by atoms with Crippen LogP contribution in [0.25, 0.3) is 0 Å². The van der Waals surface area contributed by atoms with Crippen LogP contribution in [-0.2, 0) is 15.7 Å². The number of halogens is 4. The van der Waals surface area contributed by atoms with Gasteiger partial charge in [-0.05, 0) is 55.4 Å². The lowest BCUT2D eigenvalue weighted by Gasteiger charge is -2.40. The molecule has 0 aliphatic carbocycles. The highest BCUT2D eigenvalue weighted by atomic mass is 31.0. The van der Waals surface area contributed by atoms with Crippen LogP contribution >= 0.6 is 8.86 Å². The van der Waals surface area contributed by atoms with Crippen molar-refractivity contribution in [2.45, 2.75) is 37.9 Å². The molecule has 3 aliphatic heterocycles. The summed E-state index contributed by atoms with van der Waals surface area (Å²) in [6.07, 6.45) is -0.812. The molecule has 0 bridgehead atoms. The van der Waals surface area contributed by atoms with E-state index in [0.717, 1.165) is 77.2 Å². The van der Waals surface area contributed by atoms with Gasteiger partial charge in [0.2, 0.25) is 5.91 Å². The summed E-state index contributed by atoms with van der Waals surface area (Å²) in [6, 6.07) is 3.06. The minimum atomic E-state index is -4.61. The van der Waals surface area contributed by atoms with Crippen molar-refractivity contribution in [3.8, 4) is 0 Å². The van der Waals surface area contributed by atoms with Gasteiger partial charge in [0.1, 0.15) is 5.82 Å². The van der Waals surface area contributed by atoms with E-state index in [1.165, 1.54) is 0 Å². The number of ether oxygens (including phenoxy) is 1. The first-order valence-corrected chi connectivity index (χ1v) is 13.2. The third-order valence-corrected chi connectivity index (χ3v) is 7.99. The molecular weight excluding hydrogens is 495 g/mol. The van der Waals surface area contributed by atoms with Crippen LogP contribution in [0.4, 0.5) is 17.6 Å². The number of carbonyl (C=O) groups excluding carboxylic acids is 1. The first-order chi connectivity index (χ1) is 17.2. The maximum absolute atomic E-state index is 13.7. The Labute approximate surface area is 212 Å². The van der Waals surface area contributed by atoms with Crippen LogP contribution in [0, 0.1) is 11.7 Å². The van der Waals surface area contributed by atoms with Crippen LogP contribution in [0.1, 0.15) is 36.8 Å².